The predicted octanol–water partition coefficient (Wildman–Crippen LogP) is 5.63. The third-order valence-corrected chi connectivity index (χ3v) is 4.60. The normalized spacial score (nSPS) is 11.0. The molecule has 0 amide bonds. The monoisotopic (exact) mass is 446 g/mol. The molecule has 4 aromatic rings. The van der Waals surface area contributed by atoms with E-state index in [2.05, 4.69) is 9.97 Å². The first-order chi connectivity index (χ1) is 14.7. The van der Waals surface area contributed by atoms with Gasteiger partial charge in [-0.25, -0.2) is 9.97 Å². The molecule has 2 aromatic carbocycles. The molecule has 0 atom stereocenters. The summed E-state index contributed by atoms with van der Waals surface area (Å²) in [7, 11) is 3.98. The summed E-state index contributed by atoms with van der Waals surface area (Å²) >= 11 is 5.76. The molecule has 160 valence electrons. The van der Waals surface area contributed by atoms with Crippen molar-refractivity contribution >= 4 is 29.2 Å². The van der Waals surface area contributed by atoms with Crippen molar-refractivity contribution in [3.63, 3.8) is 0 Å². The van der Waals surface area contributed by atoms with Crippen molar-refractivity contribution in [1.82, 2.24) is 14.4 Å². The van der Waals surface area contributed by atoms with Gasteiger partial charge in [0, 0.05) is 36.6 Å². The van der Waals surface area contributed by atoms with E-state index in [1.165, 1.54) is 30.7 Å². The molecule has 9 heteroatoms. The Hall–Kier alpha value is -3.39. The van der Waals surface area contributed by atoms with Crippen molar-refractivity contribution in [2.45, 2.75) is 6.18 Å². The summed E-state index contributed by atoms with van der Waals surface area (Å²) in [4.78, 5) is 20.8. The lowest BCUT2D eigenvalue weighted by Gasteiger charge is -2.11. The number of rotatable bonds is 3. The molecule has 5 nitrogen and oxygen atoms in total. The number of imidazole rings is 1. The third-order valence-electron chi connectivity index (χ3n) is 4.37. The second-order valence-corrected chi connectivity index (χ2v) is 7.19. The molecule has 0 N–H and O–H groups in total. The van der Waals surface area contributed by atoms with Gasteiger partial charge in [-0.3, -0.25) is 9.20 Å². The highest BCUT2D eigenvalue weighted by Gasteiger charge is 2.30. The topological polar surface area (TPSA) is 50.5 Å². The number of alkyl halides is 3. The summed E-state index contributed by atoms with van der Waals surface area (Å²) in [5.74, 6) is 0. The minimum Gasteiger partial charge on any atom is -0.378 e. The van der Waals surface area contributed by atoms with Crippen LogP contribution in [-0.4, -0.2) is 34.8 Å². The maximum atomic E-state index is 12.5. The van der Waals surface area contributed by atoms with E-state index in [4.69, 9.17) is 11.6 Å². The van der Waals surface area contributed by atoms with E-state index in [-0.39, 0.29) is 5.69 Å². The van der Waals surface area contributed by atoms with Gasteiger partial charge in [0.25, 0.3) is 0 Å². The van der Waals surface area contributed by atoms with Crippen LogP contribution in [0.5, 0.6) is 0 Å². The summed E-state index contributed by atoms with van der Waals surface area (Å²) in [5, 5.41) is 0.784. The molecule has 0 saturated heterocycles. The van der Waals surface area contributed by atoms with Gasteiger partial charge >= 0.3 is 6.18 Å². The maximum Gasteiger partial charge on any atom is 0.416 e. The largest absolute Gasteiger partial charge is 0.416 e. The number of carbonyl (C=O) groups excluding carboxylic acids is 1. The number of hydrogen-bond acceptors (Lipinski definition) is 4. The molecule has 0 aliphatic heterocycles. The molecule has 0 saturated carbocycles. The van der Waals surface area contributed by atoms with Crippen molar-refractivity contribution in [3.8, 4) is 11.3 Å². The highest BCUT2D eigenvalue weighted by atomic mass is 35.5. The van der Waals surface area contributed by atoms with Crippen LogP contribution in [0.3, 0.4) is 0 Å². The van der Waals surface area contributed by atoms with Crippen LogP contribution in [0.1, 0.15) is 16.1 Å². The Bertz CT molecular complexity index is 1190. The fraction of sp³-hybridized carbons (Fsp3) is 0.136. The summed E-state index contributed by atoms with van der Waals surface area (Å²) in [6, 6.07) is 12.5. The number of carbonyl (C=O) groups is 1. The first-order valence-corrected chi connectivity index (χ1v) is 9.45. The Kier molecular flexibility index (Phi) is 6.60. The Morgan fingerprint density at radius 3 is 2.29 bits per heavy atom. The second-order valence-electron chi connectivity index (χ2n) is 6.75. The van der Waals surface area contributed by atoms with Gasteiger partial charge in [0.1, 0.15) is 5.69 Å². The number of aromatic nitrogens is 3. The van der Waals surface area contributed by atoms with Crippen molar-refractivity contribution in [3.05, 3.63) is 83.4 Å². The smallest absolute Gasteiger partial charge is 0.378 e. The van der Waals surface area contributed by atoms with Gasteiger partial charge in [-0.2, -0.15) is 13.2 Å². The highest BCUT2D eigenvalue weighted by molar-refractivity contribution is 6.30. The zero-order valence-corrected chi connectivity index (χ0v) is 17.4. The predicted molar refractivity (Wildman–Crippen MR) is 115 cm³/mol. The summed E-state index contributed by atoms with van der Waals surface area (Å²) in [6.45, 7) is 0. The van der Waals surface area contributed by atoms with Crippen LogP contribution in [0.4, 0.5) is 18.9 Å². The quantitative estimate of drug-likeness (QED) is 0.382. The summed E-state index contributed by atoms with van der Waals surface area (Å²) in [5.41, 5.74) is 2.30. The van der Waals surface area contributed by atoms with E-state index >= 15 is 0 Å². The van der Waals surface area contributed by atoms with Crippen LogP contribution in [-0.2, 0) is 6.18 Å². The van der Waals surface area contributed by atoms with Crippen molar-refractivity contribution in [2.75, 3.05) is 19.0 Å². The molecule has 4 rings (SSSR count). The minimum atomic E-state index is -4.37. The molecule has 0 bridgehead atoms. The maximum absolute atomic E-state index is 12.5. The molecule has 0 radical (unpaired) electrons. The Morgan fingerprint density at radius 2 is 1.74 bits per heavy atom. The van der Waals surface area contributed by atoms with E-state index in [0.29, 0.717) is 23.2 Å². The molecule has 0 aliphatic rings. The van der Waals surface area contributed by atoms with Crippen molar-refractivity contribution in [2.24, 2.45) is 0 Å². The average molecular weight is 447 g/mol. The van der Waals surface area contributed by atoms with Crippen LogP contribution in [0, 0.1) is 0 Å². The number of hydrogen-bond donors (Lipinski definition) is 0. The third kappa shape index (κ3) is 5.40. The summed E-state index contributed by atoms with van der Waals surface area (Å²) in [6.07, 6.45) is 0.663. The van der Waals surface area contributed by atoms with Gasteiger partial charge in [-0.15, -0.1) is 0 Å². The van der Waals surface area contributed by atoms with Crippen LogP contribution >= 0.6 is 11.6 Å². The number of benzene rings is 2. The van der Waals surface area contributed by atoms with E-state index < -0.39 is 11.7 Å². The van der Waals surface area contributed by atoms with Gasteiger partial charge in [0.05, 0.1) is 23.7 Å². The SMILES string of the molecule is CN(C)c1cccc(Cl)c1.O=Cc1cn2c(-c3ccc(C(F)(F)F)cc3)cnc2cn1. The number of anilines is 1. The molecule has 31 heavy (non-hydrogen) atoms. The molecular weight excluding hydrogens is 429 g/mol. The van der Waals surface area contributed by atoms with E-state index in [9.17, 15) is 18.0 Å². The molecule has 2 aromatic heterocycles. The van der Waals surface area contributed by atoms with Crippen molar-refractivity contribution < 1.29 is 18.0 Å². The fourth-order valence-electron chi connectivity index (χ4n) is 2.76. The van der Waals surface area contributed by atoms with Gasteiger partial charge in [-0.1, -0.05) is 29.8 Å². The number of nitrogens with zero attached hydrogens (tertiary/aromatic N) is 4. The minimum absolute atomic E-state index is 0.216. The van der Waals surface area contributed by atoms with Gasteiger partial charge < -0.3 is 4.90 Å². The molecule has 0 unspecified atom stereocenters. The fourth-order valence-corrected chi connectivity index (χ4v) is 2.95. The second kappa shape index (κ2) is 9.18. The zero-order chi connectivity index (χ0) is 22.6. The van der Waals surface area contributed by atoms with E-state index in [0.717, 1.165) is 22.8 Å². The lowest BCUT2D eigenvalue weighted by atomic mass is 10.1. The van der Waals surface area contributed by atoms with Gasteiger partial charge in [0.2, 0.25) is 0 Å². The Balaban J connectivity index is 0.000000229. The number of fused-ring (bicyclic) bond motifs is 1. The molecular formula is C22H18ClF3N4O. The first-order valence-electron chi connectivity index (χ1n) is 9.08. The first kappa shape index (κ1) is 22.3. The van der Waals surface area contributed by atoms with E-state index in [1.807, 2.05) is 43.3 Å². The standard InChI is InChI=1S/C14H8F3N3O.C8H10ClN/c15-14(16,17)10-3-1-9(2-4-10)12-5-19-13-6-18-11(8-21)7-20(12)13;1-10(2)8-5-3-4-7(9)6-8/h1-8H;3-6H,1-2H3. The van der Waals surface area contributed by atoms with E-state index in [1.54, 1.807) is 4.40 Å². The van der Waals surface area contributed by atoms with Crippen molar-refractivity contribution in [1.29, 1.82) is 0 Å². The molecule has 0 fully saturated rings. The molecule has 0 spiro atoms. The number of aldehydes is 1. The van der Waals surface area contributed by atoms with Crippen LogP contribution in [0.15, 0.2) is 67.1 Å². The lowest BCUT2D eigenvalue weighted by Crippen LogP contribution is -2.07. The van der Waals surface area contributed by atoms with Crippen LogP contribution in [0.25, 0.3) is 16.9 Å². The van der Waals surface area contributed by atoms with Gasteiger partial charge in [-0.05, 0) is 30.3 Å². The Labute approximate surface area is 181 Å². The van der Waals surface area contributed by atoms with Gasteiger partial charge in [0.15, 0.2) is 11.9 Å². The van der Waals surface area contributed by atoms with Crippen LogP contribution < -0.4 is 4.90 Å². The Morgan fingerprint density at radius 1 is 1.03 bits per heavy atom. The highest BCUT2D eigenvalue weighted by Crippen LogP contribution is 2.31. The molecule has 0 aliphatic carbocycles. The zero-order valence-electron chi connectivity index (χ0n) is 16.6. The average Bonchev–Trinajstić information content (AvgIpc) is 3.17. The van der Waals surface area contributed by atoms with Crippen LogP contribution in [0.2, 0.25) is 5.02 Å². The summed E-state index contributed by atoms with van der Waals surface area (Å²) < 4.78 is 39.3. The number of halogens is 4. The molecule has 2 heterocycles. The lowest BCUT2D eigenvalue weighted by molar-refractivity contribution is -0.137.